The third-order valence-electron chi connectivity index (χ3n) is 2.46. The molecule has 1 atom stereocenters. The van der Waals surface area contributed by atoms with Gasteiger partial charge in [0.15, 0.2) is 0 Å². The van der Waals surface area contributed by atoms with E-state index in [0.717, 1.165) is 23.9 Å². The van der Waals surface area contributed by atoms with Crippen LogP contribution in [0.1, 0.15) is 19.8 Å². The Hall–Kier alpha value is -1.63. The maximum Gasteiger partial charge on any atom is 0.326 e. The van der Waals surface area contributed by atoms with Crippen LogP contribution in [-0.4, -0.2) is 28.8 Å². The lowest BCUT2D eigenvalue weighted by Gasteiger charge is -2.13. The van der Waals surface area contributed by atoms with Gasteiger partial charge >= 0.3 is 5.97 Å². The molecule has 2 N–H and O–H groups in total. The second-order valence-electron chi connectivity index (χ2n) is 4.11. The van der Waals surface area contributed by atoms with Crippen LogP contribution in [0.2, 0.25) is 0 Å². The van der Waals surface area contributed by atoms with E-state index in [1.165, 1.54) is 6.07 Å². The molecule has 0 fully saturated rings. The number of thioether (sulfide) groups is 1. The molecule has 110 valence electrons. The summed E-state index contributed by atoms with van der Waals surface area (Å²) in [5.41, 5.74) is 0. The molecule has 0 saturated heterocycles. The van der Waals surface area contributed by atoms with E-state index in [4.69, 9.17) is 5.11 Å². The highest BCUT2D eigenvalue weighted by Gasteiger charge is 2.18. The molecule has 4 nitrogen and oxygen atoms in total. The fourth-order valence-electron chi connectivity index (χ4n) is 1.52. The first-order valence-corrected chi connectivity index (χ1v) is 7.02. The number of halogens is 2. The molecule has 0 saturated carbocycles. The summed E-state index contributed by atoms with van der Waals surface area (Å²) >= 11 is 0.889. The Bertz CT molecular complexity index is 497. The van der Waals surface area contributed by atoms with Crippen molar-refractivity contribution in [1.29, 1.82) is 0 Å². The summed E-state index contributed by atoms with van der Waals surface area (Å²) in [6.07, 6.45) is 0.952. The Kier molecular flexibility index (Phi) is 6.44. The van der Waals surface area contributed by atoms with E-state index in [-0.39, 0.29) is 10.6 Å². The minimum atomic E-state index is -1.10. The van der Waals surface area contributed by atoms with Gasteiger partial charge in [-0.15, -0.1) is 11.8 Å². The molecule has 0 aromatic heterocycles. The Morgan fingerprint density at radius 3 is 2.65 bits per heavy atom. The van der Waals surface area contributed by atoms with E-state index in [2.05, 4.69) is 5.32 Å². The Balaban J connectivity index is 2.52. The van der Waals surface area contributed by atoms with Crippen molar-refractivity contribution in [3.8, 4) is 0 Å². The van der Waals surface area contributed by atoms with E-state index in [9.17, 15) is 18.4 Å². The van der Waals surface area contributed by atoms with Crippen LogP contribution in [0.4, 0.5) is 8.78 Å². The summed E-state index contributed by atoms with van der Waals surface area (Å²) in [5.74, 6) is -3.16. The number of carboxylic acids is 1. The molecule has 1 amide bonds. The molecule has 0 unspecified atom stereocenters. The summed E-state index contributed by atoms with van der Waals surface area (Å²) in [7, 11) is 0. The van der Waals surface area contributed by atoms with Crippen LogP contribution in [0.5, 0.6) is 0 Å². The molecular weight excluding hydrogens is 288 g/mol. The van der Waals surface area contributed by atoms with Crippen molar-refractivity contribution >= 4 is 23.6 Å². The number of carbonyl (C=O) groups is 2. The van der Waals surface area contributed by atoms with Crippen LogP contribution < -0.4 is 5.32 Å². The van der Waals surface area contributed by atoms with E-state index in [1.54, 1.807) is 0 Å². The summed E-state index contributed by atoms with van der Waals surface area (Å²) in [6.45, 7) is 1.81. The SMILES string of the molecule is CCC[C@H](NC(=O)CSc1ccc(F)cc1F)C(=O)O. The predicted octanol–water partition coefficient (Wildman–Crippen LogP) is 2.43. The normalized spacial score (nSPS) is 11.9. The van der Waals surface area contributed by atoms with Crippen LogP contribution in [0.3, 0.4) is 0 Å². The molecule has 0 aliphatic rings. The zero-order valence-corrected chi connectivity index (χ0v) is 11.7. The summed E-state index contributed by atoms with van der Waals surface area (Å²) in [6, 6.07) is 2.13. The fraction of sp³-hybridized carbons (Fsp3) is 0.385. The van der Waals surface area contributed by atoms with E-state index < -0.39 is 29.6 Å². The van der Waals surface area contributed by atoms with Crippen LogP contribution in [0, 0.1) is 11.6 Å². The van der Waals surface area contributed by atoms with Gasteiger partial charge in [0.1, 0.15) is 17.7 Å². The first-order valence-electron chi connectivity index (χ1n) is 6.04. The minimum Gasteiger partial charge on any atom is -0.480 e. The van der Waals surface area contributed by atoms with E-state index >= 15 is 0 Å². The highest BCUT2D eigenvalue weighted by Crippen LogP contribution is 2.22. The lowest BCUT2D eigenvalue weighted by Crippen LogP contribution is -2.41. The molecule has 0 heterocycles. The zero-order chi connectivity index (χ0) is 15.1. The number of hydrogen-bond donors (Lipinski definition) is 2. The molecular formula is C13H15F2NO3S. The number of rotatable bonds is 7. The number of amides is 1. The molecule has 0 aliphatic heterocycles. The second-order valence-corrected chi connectivity index (χ2v) is 5.13. The molecule has 0 radical (unpaired) electrons. The summed E-state index contributed by atoms with van der Waals surface area (Å²) in [5, 5.41) is 11.3. The van der Waals surface area contributed by atoms with Gasteiger partial charge < -0.3 is 10.4 Å². The third kappa shape index (κ3) is 5.16. The van der Waals surface area contributed by atoms with E-state index in [0.29, 0.717) is 12.8 Å². The molecule has 0 spiro atoms. The van der Waals surface area contributed by atoms with Crippen molar-refractivity contribution in [2.24, 2.45) is 0 Å². The van der Waals surface area contributed by atoms with Crippen molar-refractivity contribution < 1.29 is 23.5 Å². The minimum absolute atomic E-state index is 0.129. The monoisotopic (exact) mass is 303 g/mol. The van der Waals surface area contributed by atoms with Gasteiger partial charge in [-0.05, 0) is 18.6 Å². The largest absolute Gasteiger partial charge is 0.480 e. The molecule has 0 bridgehead atoms. The van der Waals surface area contributed by atoms with Gasteiger partial charge in [-0.2, -0.15) is 0 Å². The number of aliphatic carboxylic acids is 1. The van der Waals surface area contributed by atoms with Crippen molar-refractivity contribution in [3.05, 3.63) is 29.8 Å². The molecule has 20 heavy (non-hydrogen) atoms. The van der Waals surface area contributed by atoms with Gasteiger partial charge in [-0.25, -0.2) is 13.6 Å². The number of hydrogen-bond acceptors (Lipinski definition) is 3. The standard InChI is InChI=1S/C13H15F2NO3S/c1-2-3-10(13(18)19)16-12(17)7-20-11-5-4-8(14)6-9(11)15/h4-6,10H,2-3,7H2,1H3,(H,16,17)(H,18,19)/t10-/m0/s1. The molecule has 1 aromatic carbocycles. The summed E-state index contributed by atoms with van der Waals surface area (Å²) < 4.78 is 26.0. The maximum absolute atomic E-state index is 13.3. The predicted molar refractivity (Wildman–Crippen MR) is 71.6 cm³/mol. The number of carboxylic acid groups (broad SMARTS) is 1. The molecule has 7 heteroatoms. The van der Waals surface area contributed by atoms with Crippen molar-refractivity contribution in [2.75, 3.05) is 5.75 Å². The first kappa shape index (κ1) is 16.4. The van der Waals surface area contributed by atoms with Crippen LogP contribution in [0.15, 0.2) is 23.1 Å². The van der Waals surface area contributed by atoms with Crippen LogP contribution in [-0.2, 0) is 9.59 Å². The second kappa shape index (κ2) is 7.84. The third-order valence-corrected chi connectivity index (χ3v) is 3.51. The molecule has 1 aromatic rings. The fourth-order valence-corrected chi connectivity index (χ4v) is 2.25. The van der Waals surface area contributed by atoms with Crippen molar-refractivity contribution in [2.45, 2.75) is 30.7 Å². The number of carbonyl (C=O) groups excluding carboxylic acids is 1. The van der Waals surface area contributed by atoms with Crippen LogP contribution in [0.25, 0.3) is 0 Å². The van der Waals surface area contributed by atoms with Crippen molar-refractivity contribution in [3.63, 3.8) is 0 Å². The topological polar surface area (TPSA) is 66.4 Å². The number of nitrogens with one attached hydrogen (secondary N) is 1. The lowest BCUT2D eigenvalue weighted by molar-refractivity contribution is -0.141. The van der Waals surface area contributed by atoms with Gasteiger partial charge in [0.25, 0.3) is 0 Å². The van der Waals surface area contributed by atoms with Gasteiger partial charge in [0.2, 0.25) is 5.91 Å². The Morgan fingerprint density at radius 1 is 1.40 bits per heavy atom. The lowest BCUT2D eigenvalue weighted by atomic mass is 10.2. The summed E-state index contributed by atoms with van der Waals surface area (Å²) in [4.78, 5) is 22.6. The smallest absolute Gasteiger partial charge is 0.326 e. The zero-order valence-electron chi connectivity index (χ0n) is 10.9. The Labute approximate surface area is 119 Å². The maximum atomic E-state index is 13.3. The average molecular weight is 303 g/mol. The number of benzene rings is 1. The van der Waals surface area contributed by atoms with Crippen molar-refractivity contribution in [1.82, 2.24) is 5.32 Å². The Morgan fingerprint density at radius 2 is 2.10 bits per heavy atom. The van der Waals surface area contributed by atoms with Gasteiger partial charge in [-0.1, -0.05) is 13.3 Å². The van der Waals surface area contributed by atoms with E-state index in [1.807, 2.05) is 6.92 Å². The van der Waals surface area contributed by atoms with Gasteiger partial charge in [0, 0.05) is 11.0 Å². The van der Waals surface area contributed by atoms with Gasteiger partial charge in [-0.3, -0.25) is 4.79 Å². The van der Waals surface area contributed by atoms with Crippen LogP contribution >= 0.6 is 11.8 Å². The highest BCUT2D eigenvalue weighted by molar-refractivity contribution is 8.00. The van der Waals surface area contributed by atoms with Gasteiger partial charge in [0.05, 0.1) is 5.75 Å². The highest BCUT2D eigenvalue weighted by atomic mass is 32.2. The first-order chi connectivity index (χ1) is 9.43. The quantitative estimate of drug-likeness (QED) is 0.759. The molecule has 1 rings (SSSR count). The average Bonchev–Trinajstić information content (AvgIpc) is 2.37. The molecule has 0 aliphatic carbocycles.